The van der Waals surface area contributed by atoms with Crippen LogP contribution in [0.3, 0.4) is 0 Å². The molecule has 0 radical (unpaired) electrons. The molecule has 0 aromatic carbocycles. The summed E-state index contributed by atoms with van der Waals surface area (Å²) >= 11 is 0. The number of nitrogens with one attached hydrogen (secondary N) is 1. The van der Waals surface area contributed by atoms with Crippen molar-refractivity contribution in [3.63, 3.8) is 0 Å². The van der Waals surface area contributed by atoms with Crippen LogP contribution >= 0.6 is 0 Å². The zero-order chi connectivity index (χ0) is 15.6. The molecule has 3 nitrogen and oxygen atoms in total. The molecule has 0 saturated heterocycles. The van der Waals surface area contributed by atoms with Gasteiger partial charge in [-0.25, -0.2) is 0 Å². The van der Waals surface area contributed by atoms with Crippen LogP contribution in [0.4, 0.5) is 0 Å². The van der Waals surface area contributed by atoms with E-state index in [2.05, 4.69) is 50.9 Å². The van der Waals surface area contributed by atoms with Gasteiger partial charge in [-0.2, -0.15) is 5.26 Å². The minimum atomic E-state index is -0.409. The number of hydrogen-bond donors (Lipinski definition) is 1. The number of nitrogens with zero attached hydrogens (tertiary/aromatic N) is 2. The van der Waals surface area contributed by atoms with E-state index in [0.29, 0.717) is 12.1 Å². The van der Waals surface area contributed by atoms with Crippen LogP contribution in [0.15, 0.2) is 0 Å². The highest BCUT2D eigenvalue weighted by Crippen LogP contribution is 2.19. The summed E-state index contributed by atoms with van der Waals surface area (Å²) in [6, 6.07) is 3.50. The van der Waals surface area contributed by atoms with Gasteiger partial charge in [0.15, 0.2) is 0 Å². The van der Waals surface area contributed by atoms with Crippen molar-refractivity contribution < 1.29 is 0 Å². The molecule has 0 fully saturated rings. The van der Waals surface area contributed by atoms with Crippen LogP contribution < -0.4 is 5.32 Å². The van der Waals surface area contributed by atoms with Crippen molar-refractivity contribution in [3.05, 3.63) is 0 Å². The maximum atomic E-state index is 9.48. The van der Waals surface area contributed by atoms with Crippen LogP contribution in [-0.4, -0.2) is 35.6 Å². The third-order valence-corrected chi connectivity index (χ3v) is 4.21. The van der Waals surface area contributed by atoms with Gasteiger partial charge in [0, 0.05) is 12.1 Å². The molecule has 0 saturated carbocycles. The molecule has 3 atom stereocenters. The highest BCUT2D eigenvalue weighted by atomic mass is 15.2. The first-order valence-electron chi connectivity index (χ1n) is 8.36. The van der Waals surface area contributed by atoms with Crippen molar-refractivity contribution >= 4 is 0 Å². The van der Waals surface area contributed by atoms with Crippen LogP contribution in [0, 0.1) is 11.3 Å². The smallest absolute Gasteiger partial charge is 0.105 e. The highest BCUT2D eigenvalue weighted by molar-refractivity contribution is 5.05. The second-order valence-corrected chi connectivity index (χ2v) is 6.27. The molecular weight excluding hydrogens is 246 g/mol. The minimum absolute atomic E-state index is 0.409. The van der Waals surface area contributed by atoms with Gasteiger partial charge in [0.1, 0.15) is 5.54 Å². The van der Waals surface area contributed by atoms with E-state index < -0.39 is 5.54 Å². The van der Waals surface area contributed by atoms with Gasteiger partial charge in [0.05, 0.1) is 6.07 Å². The van der Waals surface area contributed by atoms with Crippen molar-refractivity contribution in [2.24, 2.45) is 0 Å². The summed E-state index contributed by atoms with van der Waals surface area (Å²) in [6.07, 6.45) is 5.58. The monoisotopic (exact) mass is 281 g/mol. The van der Waals surface area contributed by atoms with Gasteiger partial charge in [0.2, 0.25) is 0 Å². The van der Waals surface area contributed by atoms with Gasteiger partial charge in [-0.15, -0.1) is 0 Å². The maximum Gasteiger partial charge on any atom is 0.105 e. The Bertz CT molecular complexity index is 284. The lowest BCUT2D eigenvalue weighted by atomic mass is 9.93. The van der Waals surface area contributed by atoms with Crippen molar-refractivity contribution in [2.45, 2.75) is 91.3 Å². The van der Waals surface area contributed by atoms with Gasteiger partial charge in [-0.05, 0) is 59.5 Å². The van der Waals surface area contributed by atoms with E-state index in [-0.39, 0.29) is 0 Å². The van der Waals surface area contributed by atoms with Gasteiger partial charge < -0.3 is 0 Å². The van der Waals surface area contributed by atoms with E-state index in [9.17, 15) is 5.26 Å². The van der Waals surface area contributed by atoms with Gasteiger partial charge >= 0.3 is 0 Å². The Morgan fingerprint density at radius 1 is 1.15 bits per heavy atom. The van der Waals surface area contributed by atoms with Crippen molar-refractivity contribution in [1.29, 1.82) is 5.26 Å². The fourth-order valence-electron chi connectivity index (χ4n) is 2.72. The second-order valence-electron chi connectivity index (χ2n) is 6.27. The first kappa shape index (κ1) is 19.4. The van der Waals surface area contributed by atoms with E-state index in [1.807, 2.05) is 6.92 Å². The normalized spacial score (nSPS) is 17.5. The average molecular weight is 281 g/mol. The zero-order valence-electron chi connectivity index (χ0n) is 14.5. The Hall–Kier alpha value is -0.590. The summed E-state index contributed by atoms with van der Waals surface area (Å²) in [4.78, 5) is 2.58. The topological polar surface area (TPSA) is 39.1 Å². The zero-order valence-corrected chi connectivity index (χ0v) is 14.5. The molecule has 1 N–H and O–H groups in total. The lowest BCUT2D eigenvalue weighted by Gasteiger charge is -2.37. The molecule has 3 heteroatoms. The van der Waals surface area contributed by atoms with Crippen molar-refractivity contribution in [1.82, 2.24) is 10.2 Å². The first-order valence-corrected chi connectivity index (χ1v) is 8.36. The standard InChI is InChI=1S/C17H35N3/c1-7-10-12-20(15(4)9-3)16(5)13-17(6,14-18)19-11-8-2/h15-16,19H,7-13H2,1-6H3. The van der Waals surface area contributed by atoms with Crippen molar-refractivity contribution in [3.8, 4) is 6.07 Å². The third-order valence-electron chi connectivity index (χ3n) is 4.21. The van der Waals surface area contributed by atoms with Crippen LogP contribution in [0.5, 0.6) is 0 Å². The molecule has 0 aliphatic carbocycles. The quantitative estimate of drug-likeness (QED) is 0.623. The molecule has 118 valence electrons. The Labute approximate surface area is 126 Å². The van der Waals surface area contributed by atoms with E-state index in [1.54, 1.807) is 0 Å². The Kier molecular flexibility index (Phi) is 9.88. The summed E-state index contributed by atoms with van der Waals surface area (Å²) in [5, 5.41) is 12.9. The highest BCUT2D eigenvalue weighted by Gasteiger charge is 2.29. The summed E-state index contributed by atoms with van der Waals surface area (Å²) in [5.74, 6) is 0. The molecular formula is C17H35N3. The summed E-state index contributed by atoms with van der Waals surface area (Å²) in [7, 11) is 0. The van der Waals surface area contributed by atoms with Crippen LogP contribution in [0.1, 0.15) is 73.6 Å². The van der Waals surface area contributed by atoms with E-state index >= 15 is 0 Å². The predicted molar refractivity (Wildman–Crippen MR) is 87.8 cm³/mol. The molecule has 0 rings (SSSR count). The Morgan fingerprint density at radius 3 is 2.25 bits per heavy atom. The lowest BCUT2D eigenvalue weighted by molar-refractivity contribution is 0.125. The molecule has 3 unspecified atom stereocenters. The molecule has 0 bridgehead atoms. The van der Waals surface area contributed by atoms with E-state index in [4.69, 9.17) is 0 Å². The van der Waals surface area contributed by atoms with Crippen LogP contribution in [0.2, 0.25) is 0 Å². The predicted octanol–water partition coefficient (Wildman–Crippen LogP) is 3.95. The molecule has 20 heavy (non-hydrogen) atoms. The first-order chi connectivity index (χ1) is 9.44. The summed E-state index contributed by atoms with van der Waals surface area (Å²) in [5.41, 5.74) is -0.409. The molecule has 0 aliphatic heterocycles. The molecule has 0 amide bonds. The minimum Gasteiger partial charge on any atom is -0.300 e. The van der Waals surface area contributed by atoms with Crippen LogP contribution in [-0.2, 0) is 0 Å². The summed E-state index contributed by atoms with van der Waals surface area (Å²) < 4.78 is 0. The summed E-state index contributed by atoms with van der Waals surface area (Å²) in [6.45, 7) is 15.3. The van der Waals surface area contributed by atoms with Gasteiger partial charge in [-0.3, -0.25) is 10.2 Å². The number of rotatable bonds is 11. The largest absolute Gasteiger partial charge is 0.300 e. The number of unbranched alkanes of at least 4 members (excludes halogenated alkanes) is 1. The SMILES string of the molecule is CCCCN(C(C)CC)C(C)CC(C)(C#N)NCCC. The fraction of sp³-hybridized carbons (Fsp3) is 0.941. The third kappa shape index (κ3) is 6.72. The molecule has 0 aliphatic rings. The molecule has 0 heterocycles. The van der Waals surface area contributed by atoms with Crippen molar-refractivity contribution in [2.75, 3.05) is 13.1 Å². The molecule has 0 aromatic rings. The molecule has 0 aromatic heterocycles. The number of nitriles is 1. The molecule has 0 spiro atoms. The van der Waals surface area contributed by atoms with Gasteiger partial charge in [0.25, 0.3) is 0 Å². The Morgan fingerprint density at radius 2 is 1.80 bits per heavy atom. The van der Waals surface area contributed by atoms with Crippen LogP contribution in [0.25, 0.3) is 0 Å². The maximum absolute atomic E-state index is 9.48. The lowest BCUT2D eigenvalue weighted by Crippen LogP contribution is -2.49. The Balaban J connectivity index is 4.70. The number of hydrogen-bond acceptors (Lipinski definition) is 3. The fourth-order valence-corrected chi connectivity index (χ4v) is 2.72. The van der Waals surface area contributed by atoms with E-state index in [1.165, 1.54) is 19.3 Å². The second kappa shape index (κ2) is 10.2. The van der Waals surface area contributed by atoms with E-state index in [0.717, 1.165) is 25.9 Å². The van der Waals surface area contributed by atoms with Gasteiger partial charge in [-0.1, -0.05) is 27.2 Å². The average Bonchev–Trinajstić information content (AvgIpc) is 2.45.